The molecule has 0 fully saturated rings. The van der Waals surface area contributed by atoms with Gasteiger partial charge in [-0.05, 0) is 25.0 Å². The number of fused-ring (bicyclic) bond motifs is 1. The molecule has 0 saturated heterocycles. The number of H-pyrrole nitrogens is 1. The first-order valence-corrected chi connectivity index (χ1v) is 8.87. The lowest BCUT2D eigenvalue weighted by Crippen LogP contribution is -2.43. The van der Waals surface area contributed by atoms with Gasteiger partial charge in [0.05, 0.1) is 5.02 Å². The number of nitrogens with one attached hydrogen (secondary N) is 3. The van der Waals surface area contributed by atoms with Crippen molar-refractivity contribution in [2.75, 3.05) is 11.9 Å². The van der Waals surface area contributed by atoms with Gasteiger partial charge in [0.15, 0.2) is 5.82 Å². The Morgan fingerprint density at radius 3 is 2.92 bits per heavy atom. The lowest BCUT2D eigenvalue weighted by molar-refractivity contribution is -0.122. The molecular weight excluding hydrogens is 352 g/mol. The SMILES string of the molecule is CCNC(=O)[C@H](Nc1ccnc(-c2c[nH]c3ncc(Cl)cc23)n1)C(C)C.[HH].[HH]. The molecule has 0 bridgehead atoms. The summed E-state index contributed by atoms with van der Waals surface area (Å²) in [5.74, 6) is 1.18. The molecule has 1 atom stereocenters. The first kappa shape index (κ1) is 18.1. The maximum Gasteiger partial charge on any atom is 0.242 e. The number of amides is 1. The number of hydrogen-bond acceptors (Lipinski definition) is 5. The number of anilines is 1. The van der Waals surface area contributed by atoms with E-state index in [0.717, 1.165) is 10.9 Å². The van der Waals surface area contributed by atoms with Gasteiger partial charge in [-0.1, -0.05) is 25.4 Å². The normalized spacial score (nSPS) is 12.3. The molecule has 3 heterocycles. The molecule has 140 valence electrons. The summed E-state index contributed by atoms with van der Waals surface area (Å²) in [5, 5.41) is 7.45. The highest BCUT2D eigenvalue weighted by molar-refractivity contribution is 6.31. The van der Waals surface area contributed by atoms with E-state index in [-0.39, 0.29) is 20.7 Å². The van der Waals surface area contributed by atoms with Gasteiger partial charge in [-0.15, -0.1) is 0 Å². The van der Waals surface area contributed by atoms with Crippen LogP contribution in [0.1, 0.15) is 23.6 Å². The van der Waals surface area contributed by atoms with Gasteiger partial charge in [-0.3, -0.25) is 4.79 Å². The predicted octanol–water partition coefficient (Wildman–Crippen LogP) is 3.74. The number of aromatic nitrogens is 4. The Kier molecular flexibility index (Phi) is 5.37. The summed E-state index contributed by atoms with van der Waals surface area (Å²) in [6.07, 6.45) is 5.05. The summed E-state index contributed by atoms with van der Waals surface area (Å²) in [6, 6.07) is 3.19. The quantitative estimate of drug-likeness (QED) is 0.609. The minimum absolute atomic E-state index is 0. The molecule has 0 spiro atoms. The Morgan fingerprint density at radius 1 is 1.38 bits per heavy atom. The maximum atomic E-state index is 12.3. The van der Waals surface area contributed by atoms with Crippen LogP contribution >= 0.6 is 11.6 Å². The molecule has 0 aromatic carbocycles. The third kappa shape index (κ3) is 3.77. The van der Waals surface area contributed by atoms with Crippen LogP contribution in [0.15, 0.2) is 30.7 Å². The second-order valence-electron chi connectivity index (χ2n) is 6.28. The topological polar surface area (TPSA) is 95.6 Å². The van der Waals surface area contributed by atoms with Gasteiger partial charge in [0.1, 0.15) is 17.5 Å². The first-order chi connectivity index (χ1) is 12.5. The highest BCUT2D eigenvalue weighted by Gasteiger charge is 2.22. The maximum absolute atomic E-state index is 12.3. The number of carbonyl (C=O) groups excluding carboxylic acids is 1. The molecule has 3 aromatic rings. The Hall–Kier alpha value is -2.67. The second kappa shape index (κ2) is 7.70. The fourth-order valence-electron chi connectivity index (χ4n) is 2.71. The highest BCUT2D eigenvalue weighted by atomic mass is 35.5. The Balaban J connectivity index is 0.00000196. The van der Waals surface area contributed by atoms with Gasteiger partial charge in [0, 0.05) is 38.9 Å². The lowest BCUT2D eigenvalue weighted by atomic mass is 10.0. The number of pyridine rings is 1. The molecule has 0 saturated carbocycles. The second-order valence-corrected chi connectivity index (χ2v) is 6.71. The number of nitrogens with zero attached hydrogens (tertiary/aromatic N) is 3. The van der Waals surface area contributed by atoms with E-state index in [1.807, 2.05) is 26.8 Å². The number of rotatable bonds is 6. The minimum Gasteiger partial charge on any atom is -0.358 e. The van der Waals surface area contributed by atoms with E-state index < -0.39 is 0 Å². The van der Waals surface area contributed by atoms with Gasteiger partial charge in [0.25, 0.3) is 0 Å². The number of hydrogen-bond donors (Lipinski definition) is 3. The smallest absolute Gasteiger partial charge is 0.242 e. The van der Waals surface area contributed by atoms with Crippen molar-refractivity contribution in [2.45, 2.75) is 26.8 Å². The zero-order valence-corrected chi connectivity index (χ0v) is 15.6. The summed E-state index contributed by atoms with van der Waals surface area (Å²) >= 11 is 6.06. The molecule has 0 aliphatic carbocycles. The summed E-state index contributed by atoms with van der Waals surface area (Å²) in [4.78, 5) is 28.5. The van der Waals surface area contributed by atoms with Crippen LogP contribution in [-0.2, 0) is 4.79 Å². The van der Waals surface area contributed by atoms with Crippen LogP contribution in [0, 0.1) is 5.92 Å². The molecule has 7 nitrogen and oxygen atoms in total. The fraction of sp³-hybridized carbons (Fsp3) is 0.333. The van der Waals surface area contributed by atoms with Crippen molar-refractivity contribution in [1.29, 1.82) is 0 Å². The van der Waals surface area contributed by atoms with E-state index in [2.05, 4.69) is 30.6 Å². The number of carbonyl (C=O) groups is 1. The van der Waals surface area contributed by atoms with Crippen molar-refractivity contribution in [3.05, 3.63) is 35.7 Å². The van der Waals surface area contributed by atoms with E-state index in [4.69, 9.17) is 11.6 Å². The van der Waals surface area contributed by atoms with Crippen molar-refractivity contribution >= 4 is 34.4 Å². The molecule has 26 heavy (non-hydrogen) atoms. The van der Waals surface area contributed by atoms with Gasteiger partial charge in [-0.25, -0.2) is 15.0 Å². The third-order valence-corrected chi connectivity index (χ3v) is 4.20. The zero-order chi connectivity index (χ0) is 18.7. The van der Waals surface area contributed by atoms with E-state index in [9.17, 15) is 4.79 Å². The Morgan fingerprint density at radius 2 is 2.19 bits per heavy atom. The van der Waals surface area contributed by atoms with Crippen LogP contribution in [0.3, 0.4) is 0 Å². The van der Waals surface area contributed by atoms with Crippen molar-refractivity contribution in [2.24, 2.45) is 5.92 Å². The molecule has 3 rings (SSSR count). The standard InChI is InChI=1S/C18H21ClN6O.2H2/c1-4-20-18(26)15(10(2)3)24-14-5-6-21-17(25-14)13-9-23-16-12(13)7-11(19)8-22-16;;/h5-10,15H,4H2,1-3H3,(H,20,26)(H,22,23)(H,21,24,25);2*1H/t15-;;/m1../s1. The van der Waals surface area contributed by atoms with Gasteiger partial charge >= 0.3 is 0 Å². The molecule has 0 unspecified atom stereocenters. The minimum atomic E-state index is -0.378. The number of halogens is 1. The number of likely N-dealkylation sites (N-methyl/N-ethyl adjacent to an activating group) is 1. The lowest BCUT2D eigenvalue weighted by Gasteiger charge is -2.22. The van der Waals surface area contributed by atoms with Gasteiger partial charge in [-0.2, -0.15) is 0 Å². The summed E-state index contributed by atoms with van der Waals surface area (Å²) in [5.41, 5.74) is 1.52. The van der Waals surface area contributed by atoms with Crippen molar-refractivity contribution in [3.63, 3.8) is 0 Å². The summed E-state index contributed by atoms with van der Waals surface area (Å²) < 4.78 is 0. The average molecular weight is 377 g/mol. The molecule has 1 amide bonds. The van der Waals surface area contributed by atoms with Crippen LogP contribution in [0.4, 0.5) is 5.82 Å². The average Bonchev–Trinajstić information content (AvgIpc) is 3.03. The third-order valence-electron chi connectivity index (χ3n) is 4.00. The molecule has 0 aliphatic rings. The molecule has 0 radical (unpaired) electrons. The molecule has 8 heteroatoms. The molecule has 3 aromatic heterocycles. The fourth-order valence-corrected chi connectivity index (χ4v) is 2.87. The molecule has 3 N–H and O–H groups in total. The number of aromatic amines is 1. The first-order valence-electron chi connectivity index (χ1n) is 8.50. The Bertz CT molecular complexity index is 933. The molecular formula is C18H25ClN6O. The van der Waals surface area contributed by atoms with Crippen LogP contribution in [0.5, 0.6) is 0 Å². The van der Waals surface area contributed by atoms with E-state index in [1.165, 1.54) is 0 Å². The Labute approximate surface area is 159 Å². The van der Waals surface area contributed by atoms with E-state index in [0.29, 0.717) is 28.9 Å². The molecule has 0 aliphatic heterocycles. The van der Waals surface area contributed by atoms with Crippen LogP contribution < -0.4 is 10.6 Å². The zero-order valence-electron chi connectivity index (χ0n) is 14.9. The van der Waals surface area contributed by atoms with Crippen LogP contribution in [0.25, 0.3) is 22.4 Å². The largest absolute Gasteiger partial charge is 0.358 e. The van der Waals surface area contributed by atoms with E-state index >= 15 is 0 Å². The van der Waals surface area contributed by atoms with Gasteiger partial charge < -0.3 is 15.6 Å². The van der Waals surface area contributed by atoms with Gasteiger partial charge in [0.2, 0.25) is 5.91 Å². The van der Waals surface area contributed by atoms with Crippen molar-refractivity contribution in [3.8, 4) is 11.4 Å². The predicted molar refractivity (Wildman–Crippen MR) is 107 cm³/mol. The van der Waals surface area contributed by atoms with Crippen LogP contribution in [-0.4, -0.2) is 38.4 Å². The monoisotopic (exact) mass is 376 g/mol. The summed E-state index contributed by atoms with van der Waals surface area (Å²) in [6.45, 7) is 6.46. The van der Waals surface area contributed by atoms with Crippen molar-refractivity contribution in [1.82, 2.24) is 25.3 Å². The van der Waals surface area contributed by atoms with Crippen molar-refractivity contribution < 1.29 is 7.65 Å². The highest BCUT2D eigenvalue weighted by Crippen LogP contribution is 2.27. The summed E-state index contributed by atoms with van der Waals surface area (Å²) in [7, 11) is 0. The van der Waals surface area contributed by atoms with Crippen LogP contribution in [0.2, 0.25) is 5.02 Å². The van der Waals surface area contributed by atoms with E-state index in [1.54, 1.807) is 24.7 Å².